The third-order valence-corrected chi connectivity index (χ3v) is 4.83. The van der Waals surface area contributed by atoms with Gasteiger partial charge in [-0.2, -0.15) is 4.98 Å². The molecular formula is C22H22FN5O3. The van der Waals surface area contributed by atoms with Gasteiger partial charge in [-0.05, 0) is 24.3 Å². The highest BCUT2D eigenvalue weighted by Gasteiger charge is 2.17. The molecule has 1 aliphatic heterocycles. The molecule has 1 fully saturated rings. The van der Waals surface area contributed by atoms with Crippen molar-refractivity contribution < 1.29 is 18.7 Å². The Morgan fingerprint density at radius 1 is 1.06 bits per heavy atom. The summed E-state index contributed by atoms with van der Waals surface area (Å²) < 4.78 is 24.6. The normalized spacial score (nSPS) is 13.5. The first-order chi connectivity index (χ1) is 15.2. The zero-order chi connectivity index (χ0) is 21.6. The van der Waals surface area contributed by atoms with Gasteiger partial charge >= 0.3 is 5.97 Å². The van der Waals surface area contributed by atoms with E-state index < -0.39 is 11.8 Å². The predicted octanol–water partition coefficient (Wildman–Crippen LogP) is 3.73. The number of ether oxygens (including phenoxy) is 2. The number of anilines is 5. The first-order valence-corrected chi connectivity index (χ1v) is 9.81. The van der Waals surface area contributed by atoms with Crippen LogP contribution in [0.3, 0.4) is 0 Å². The van der Waals surface area contributed by atoms with E-state index in [4.69, 9.17) is 9.47 Å². The molecule has 0 bridgehead atoms. The standard InChI is InChI=1S/C22H22FN5O3/c1-30-21(29)15-6-2-3-7-17(15)25-20-16(23)14-24-22(27-20)26-18-8-4-5-9-19(18)28-10-12-31-13-11-28/h2-9,14H,10-13H2,1H3,(H2,24,25,26,27). The summed E-state index contributed by atoms with van der Waals surface area (Å²) in [5.41, 5.74) is 2.45. The number of carbonyl (C=O) groups excluding carboxylic acids is 1. The molecule has 2 heterocycles. The van der Waals surface area contributed by atoms with Crippen LogP contribution in [-0.2, 0) is 9.47 Å². The first kappa shape index (κ1) is 20.5. The summed E-state index contributed by atoms with van der Waals surface area (Å²) in [4.78, 5) is 22.5. The number of benzene rings is 2. The summed E-state index contributed by atoms with van der Waals surface area (Å²) in [5, 5.41) is 6.04. The number of halogens is 1. The SMILES string of the molecule is COC(=O)c1ccccc1Nc1nc(Nc2ccccc2N2CCOCC2)ncc1F. The van der Waals surface area contributed by atoms with Gasteiger partial charge in [-0.1, -0.05) is 24.3 Å². The van der Waals surface area contributed by atoms with E-state index in [-0.39, 0.29) is 17.3 Å². The van der Waals surface area contributed by atoms with Crippen LogP contribution in [0.4, 0.5) is 33.2 Å². The third-order valence-electron chi connectivity index (χ3n) is 4.83. The Kier molecular flexibility index (Phi) is 6.23. The van der Waals surface area contributed by atoms with Gasteiger partial charge in [0.15, 0.2) is 11.6 Å². The van der Waals surface area contributed by atoms with Crippen molar-refractivity contribution in [3.8, 4) is 0 Å². The molecule has 3 aromatic rings. The number of hydrogen-bond acceptors (Lipinski definition) is 8. The smallest absolute Gasteiger partial charge is 0.339 e. The fourth-order valence-corrected chi connectivity index (χ4v) is 3.30. The first-order valence-electron chi connectivity index (χ1n) is 9.81. The second-order valence-electron chi connectivity index (χ2n) is 6.79. The molecule has 1 saturated heterocycles. The second kappa shape index (κ2) is 9.40. The summed E-state index contributed by atoms with van der Waals surface area (Å²) in [5.74, 6) is -1.01. The number of hydrogen-bond donors (Lipinski definition) is 2. The molecule has 0 spiro atoms. The minimum absolute atomic E-state index is 0.0577. The lowest BCUT2D eigenvalue weighted by Crippen LogP contribution is -2.36. The van der Waals surface area contributed by atoms with Gasteiger partial charge in [0.05, 0.1) is 49.1 Å². The Morgan fingerprint density at radius 2 is 1.77 bits per heavy atom. The van der Waals surface area contributed by atoms with Crippen LogP contribution in [0.15, 0.2) is 54.7 Å². The fraction of sp³-hybridized carbons (Fsp3) is 0.227. The maximum Gasteiger partial charge on any atom is 0.339 e. The number of methoxy groups -OCH3 is 1. The molecule has 8 nitrogen and oxygen atoms in total. The van der Waals surface area contributed by atoms with Gasteiger partial charge in [0.1, 0.15) is 0 Å². The topological polar surface area (TPSA) is 88.6 Å². The van der Waals surface area contributed by atoms with E-state index in [1.165, 1.54) is 7.11 Å². The van der Waals surface area contributed by atoms with Gasteiger partial charge in [-0.25, -0.2) is 14.2 Å². The predicted molar refractivity (Wildman–Crippen MR) is 116 cm³/mol. The minimum Gasteiger partial charge on any atom is -0.465 e. The van der Waals surface area contributed by atoms with Crippen LogP contribution in [0.5, 0.6) is 0 Å². The average molecular weight is 423 g/mol. The molecule has 0 saturated carbocycles. The van der Waals surface area contributed by atoms with Crippen molar-refractivity contribution in [1.29, 1.82) is 0 Å². The Hall–Kier alpha value is -3.72. The lowest BCUT2D eigenvalue weighted by molar-refractivity contribution is 0.0602. The van der Waals surface area contributed by atoms with Crippen molar-refractivity contribution in [2.45, 2.75) is 0 Å². The molecule has 0 radical (unpaired) electrons. The minimum atomic E-state index is -0.647. The molecule has 0 unspecified atom stereocenters. The highest BCUT2D eigenvalue weighted by atomic mass is 19.1. The summed E-state index contributed by atoms with van der Waals surface area (Å²) in [6, 6.07) is 14.4. The molecular weight excluding hydrogens is 401 g/mol. The van der Waals surface area contributed by atoms with Crippen molar-refractivity contribution in [2.24, 2.45) is 0 Å². The Bertz CT molecular complexity index is 1070. The average Bonchev–Trinajstić information content (AvgIpc) is 2.82. The summed E-state index contributed by atoms with van der Waals surface area (Å²) in [7, 11) is 1.29. The van der Waals surface area contributed by atoms with E-state index in [2.05, 4.69) is 25.5 Å². The number of para-hydroxylation sites is 3. The second-order valence-corrected chi connectivity index (χ2v) is 6.79. The molecule has 1 aliphatic rings. The van der Waals surface area contributed by atoms with Gasteiger partial charge in [0.2, 0.25) is 5.95 Å². The Morgan fingerprint density at radius 3 is 2.55 bits per heavy atom. The number of nitrogens with zero attached hydrogens (tertiary/aromatic N) is 3. The molecule has 2 aromatic carbocycles. The van der Waals surface area contributed by atoms with E-state index in [0.29, 0.717) is 18.9 Å². The number of nitrogens with one attached hydrogen (secondary N) is 2. The molecule has 1 aromatic heterocycles. The van der Waals surface area contributed by atoms with E-state index >= 15 is 0 Å². The van der Waals surface area contributed by atoms with Gasteiger partial charge in [0.25, 0.3) is 0 Å². The van der Waals surface area contributed by atoms with Gasteiger partial charge in [0, 0.05) is 13.1 Å². The van der Waals surface area contributed by atoms with E-state index in [9.17, 15) is 9.18 Å². The summed E-state index contributed by atoms with van der Waals surface area (Å²) in [6.45, 7) is 2.88. The molecule has 4 rings (SSSR count). The molecule has 2 N–H and O–H groups in total. The van der Waals surface area contributed by atoms with Crippen LogP contribution < -0.4 is 15.5 Å². The van der Waals surface area contributed by atoms with E-state index in [0.717, 1.165) is 30.7 Å². The maximum atomic E-state index is 14.4. The number of aromatic nitrogens is 2. The highest BCUT2D eigenvalue weighted by Crippen LogP contribution is 2.29. The Labute approximate surface area is 179 Å². The molecule has 0 atom stereocenters. The molecule has 31 heavy (non-hydrogen) atoms. The zero-order valence-electron chi connectivity index (χ0n) is 17.0. The molecule has 0 amide bonds. The van der Waals surface area contributed by atoms with Gasteiger partial charge < -0.3 is 25.0 Å². The van der Waals surface area contributed by atoms with Gasteiger partial charge in [-0.3, -0.25) is 0 Å². The largest absolute Gasteiger partial charge is 0.465 e. The van der Waals surface area contributed by atoms with Crippen LogP contribution in [-0.4, -0.2) is 49.4 Å². The van der Waals surface area contributed by atoms with Crippen molar-refractivity contribution in [1.82, 2.24) is 9.97 Å². The number of esters is 1. The lowest BCUT2D eigenvalue weighted by atomic mass is 10.2. The maximum absolute atomic E-state index is 14.4. The highest BCUT2D eigenvalue weighted by molar-refractivity contribution is 5.96. The fourth-order valence-electron chi connectivity index (χ4n) is 3.30. The van der Waals surface area contributed by atoms with Crippen LogP contribution >= 0.6 is 0 Å². The zero-order valence-corrected chi connectivity index (χ0v) is 17.0. The molecule has 160 valence electrons. The molecule has 0 aliphatic carbocycles. The van der Waals surface area contributed by atoms with Crippen LogP contribution in [0.2, 0.25) is 0 Å². The van der Waals surface area contributed by atoms with Gasteiger partial charge in [-0.15, -0.1) is 0 Å². The third kappa shape index (κ3) is 4.72. The summed E-state index contributed by atoms with van der Waals surface area (Å²) >= 11 is 0. The number of rotatable bonds is 6. The van der Waals surface area contributed by atoms with Crippen molar-refractivity contribution in [3.63, 3.8) is 0 Å². The van der Waals surface area contributed by atoms with Crippen molar-refractivity contribution in [3.05, 3.63) is 66.1 Å². The number of carbonyl (C=O) groups is 1. The van der Waals surface area contributed by atoms with Crippen molar-refractivity contribution in [2.75, 3.05) is 48.9 Å². The van der Waals surface area contributed by atoms with E-state index in [1.807, 2.05) is 24.3 Å². The molecule has 9 heteroatoms. The number of morpholine rings is 1. The quantitative estimate of drug-likeness (QED) is 0.580. The van der Waals surface area contributed by atoms with E-state index in [1.54, 1.807) is 24.3 Å². The van der Waals surface area contributed by atoms with Crippen LogP contribution in [0.1, 0.15) is 10.4 Å². The Balaban J connectivity index is 1.60. The lowest BCUT2D eigenvalue weighted by Gasteiger charge is -2.30. The van der Waals surface area contributed by atoms with Crippen LogP contribution in [0, 0.1) is 5.82 Å². The van der Waals surface area contributed by atoms with Crippen molar-refractivity contribution >= 4 is 34.8 Å². The summed E-state index contributed by atoms with van der Waals surface area (Å²) in [6.07, 6.45) is 1.08. The monoisotopic (exact) mass is 423 g/mol. The van der Waals surface area contributed by atoms with Crippen LogP contribution in [0.25, 0.3) is 0 Å².